The van der Waals surface area contributed by atoms with Crippen molar-refractivity contribution in [2.45, 2.75) is 4.90 Å². The molecule has 0 aliphatic carbocycles. The SMILES string of the molecule is O=C(O)CN(CCSc1ccccc1)c1ccccc1. The van der Waals surface area contributed by atoms with E-state index in [1.807, 2.05) is 53.4 Å². The summed E-state index contributed by atoms with van der Waals surface area (Å²) in [5.41, 5.74) is 0.948. The number of carboxylic acid groups (broad SMARTS) is 1. The molecule has 20 heavy (non-hydrogen) atoms. The molecule has 0 unspecified atom stereocenters. The minimum absolute atomic E-state index is 0.0271. The van der Waals surface area contributed by atoms with Gasteiger partial charge >= 0.3 is 5.97 Å². The third kappa shape index (κ3) is 4.63. The van der Waals surface area contributed by atoms with Crippen molar-refractivity contribution >= 4 is 23.4 Å². The molecule has 0 saturated heterocycles. The van der Waals surface area contributed by atoms with Crippen LogP contribution in [0.4, 0.5) is 5.69 Å². The Hall–Kier alpha value is -1.94. The van der Waals surface area contributed by atoms with E-state index >= 15 is 0 Å². The molecule has 0 spiro atoms. The van der Waals surface area contributed by atoms with Gasteiger partial charge < -0.3 is 10.0 Å². The van der Waals surface area contributed by atoms with E-state index in [2.05, 4.69) is 12.1 Å². The van der Waals surface area contributed by atoms with Crippen molar-refractivity contribution in [2.75, 3.05) is 23.7 Å². The summed E-state index contributed by atoms with van der Waals surface area (Å²) in [6.07, 6.45) is 0. The van der Waals surface area contributed by atoms with Crippen LogP contribution in [0.15, 0.2) is 65.6 Å². The molecule has 2 aromatic rings. The molecule has 0 radical (unpaired) electrons. The fraction of sp³-hybridized carbons (Fsp3) is 0.188. The Morgan fingerprint density at radius 3 is 2.20 bits per heavy atom. The van der Waals surface area contributed by atoms with Gasteiger partial charge in [0.2, 0.25) is 0 Å². The predicted molar refractivity (Wildman–Crippen MR) is 83.5 cm³/mol. The second kappa shape index (κ2) is 7.60. The summed E-state index contributed by atoms with van der Waals surface area (Å²) in [4.78, 5) is 14.1. The molecule has 1 N–H and O–H groups in total. The molecule has 4 heteroatoms. The van der Waals surface area contributed by atoms with Crippen LogP contribution in [0.25, 0.3) is 0 Å². The van der Waals surface area contributed by atoms with Crippen LogP contribution in [-0.2, 0) is 4.79 Å². The Kier molecular flexibility index (Phi) is 5.50. The molecule has 0 fully saturated rings. The molecule has 0 bridgehead atoms. The summed E-state index contributed by atoms with van der Waals surface area (Å²) < 4.78 is 0. The largest absolute Gasteiger partial charge is 0.480 e. The van der Waals surface area contributed by atoms with Gasteiger partial charge in [0.1, 0.15) is 6.54 Å². The Morgan fingerprint density at radius 2 is 1.60 bits per heavy atom. The van der Waals surface area contributed by atoms with Gasteiger partial charge in [-0.2, -0.15) is 0 Å². The standard InChI is InChI=1S/C16H17NO2S/c18-16(19)13-17(14-7-3-1-4-8-14)11-12-20-15-9-5-2-6-10-15/h1-10H,11-13H2,(H,18,19). The number of carboxylic acids is 1. The fourth-order valence-electron chi connectivity index (χ4n) is 1.89. The van der Waals surface area contributed by atoms with Gasteiger partial charge in [0.25, 0.3) is 0 Å². The molecule has 0 aliphatic heterocycles. The number of benzene rings is 2. The van der Waals surface area contributed by atoms with Gasteiger partial charge in [0.05, 0.1) is 0 Å². The maximum atomic E-state index is 11.0. The van der Waals surface area contributed by atoms with Gasteiger partial charge in [-0.3, -0.25) is 4.79 Å². The van der Waals surface area contributed by atoms with Crippen molar-refractivity contribution in [1.82, 2.24) is 0 Å². The number of carbonyl (C=O) groups is 1. The summed E-state index contributed by atoms with van der Waals surface area (Å²) in [7, 11) is 0. The van der Waals surface area contributed by atoms with Crippen LogP contribution >= 0.6 is 11.8 Å². The fourth-order valence-corrected chi connectivity index (χ4v) is 2.79. The van der Waals surface area contributed by atoms with E-state index in [0.29, 0.717) is 6.54 Å². The third-order valence-corrected chi connectivity index (χ3v) is 3.81. The maximum Gasteiger partial charge on any atom is 0.323 e. The monoisotopic (exact) mass is 287 g/mol. The summed E-state index contributed by atoms with van der Waals surface area (Å²) in [6.45, 7) is 0.731. The number of rotatable bonds is 7. The number of thioether (sulfide) groups is 1. The molecule has 0 aliphatic rings. The molecule has 2 rings (SSSR count). The van der Waals surface area contributed by atoms with Gasteiger partial charge in [-0.15, -0.1) is 11.8 Å². The second-order valence-corrected chi connectivity index (χ2v) is 5.48. The molecular weight excluding hydrogens is 270 g/mol. The highest BCUT2D eigenvalue weighted by Gasteiger charge is 2.10. The number of aliphatic carboxylic acids is 1. The first-order valence-corrected chi connectivity index (χ1v) is 7.44. The molecular formula is C16H17NO2S. The van der Waals surface area contributed by atoms with E-state index in [4.69, 9.17) is 5.11 Å². The lowest BCUT2D eigenvalue weighted by Crippen LogP contribution is -2.31. The minimum atomic E-state index is -0.807. The average Bonchev–Trinajstić information content (AvgIpc) is 2.48. The molecule has 0 saturated carbocycles. The Bertz CT molecular complexity index is 531. The number of anilines is 1. The summed E-state index contributed by atoms with van der Waals surface area (Å²) in [5.74, 6) is 0.0465. The molecule has 0 aromatic heterocycles. The third-order valence-electron chi connectivity index (χ3n) is 2.82. The van der Waals surface area contributed by atoms with Crippen molar-refractivity contribution in [3.05, 3.63) is 60.7 Å². The van der Waals surface area contributed by atoms with E-state index in [9.17, 15) is 4.79 Å². The van der Waals surface area contributed by atoms with Crippen molar-refractivity contribution in [2.24, 2.45) is 0 Å². The normalized spacial score (nSPS) is 10.2. The topological polar surface area (TPSA) is 40.5 Å². The maximum absolute atomic E-state index is 11.0. The van der Waals surface area contributed by atoms with Gasteiger partial charge in [0, 0.05) is 22.9 Å². The van der Waals surface area contributed by atoms with Gasteiger partial charge in [0.15, 0.2) is 0 Å². The lowest BCUT2D eigenvalue weighted by molar-refractivity contribution is -0.135. The van der Waals surface area contributed by atoms with Crippen LogP contribution in [0.5, 0.6) is 0 Å². The van der Waals surface area contributed by atoms with Crippen molar-refractivity contribution < 1.29 is 9.90 Å². The highest BCUT2D eigenvalue weighted by Crippen LogP contribution is 2.19. The number of para-hydroxylation sites is 1. The summed E-state index contributed by atoms with van der Waals surface area (Å²) >= 11 is 1.74. The minimum Gasteiger partial charge on any atom is -0.480 e. The predicted octanol–water partition coefficient (Wildman–Crippen LogP) is 3.37. The smallest absolute Gasteiger partial charge is 0.323 e. The van der Waals surface area contributed by atoms with E-state index in [1.165, 1.54) is 4.90 Å². The molecule has 104 valence electrons. The van der Waals surface area contributed by atoms with Crippen molar-refractivity contribution in [1.29, 1.82) is 0 Å². The Balaban J connectivity index is 1.93. The van der Waals surface area contributed by atoms with Crippen LogP contribution in [0.2, 0.25) is 0 Å². The molecule has 3 nitrogen and oxygen atoms in total. The van der Waals surface area contributed by atoms with Crippen LogP contribution in [0, 0.1) is 0 Å². The zero-order valence-corrected chi connectivity index (χ0v) is 11.9. The Morgan fingerprint density at radius 1 is 1.00 bits per heavy atom. The first-order chi connectivity index (χ1) is 9.75. The number of nitrogens with zero attached hydrogens (tertiary/aromatic N) is 1. The lowest BCUT2D eigenvalue weighted by atomic mass is 10.3. The van der Waals surface area contributed by atoms with Crippen LogP contribution < -0.4 is 4.90 Å². The zero-order chi connectivity index (χ0) is 14.2. The van der Waals surface area contributed by atoms with Crippen LogP contribution in [-0.4, -0.2) is 29.9 Å². The second-order valence-electron chi connectivity index (χ2n) is 4.31. The van der Waals surface area contributed by atoms with Crippen LogP contribution in [0.1, 0.15) is 0 Å². The van der Waals surface area contributed by atoms with E-state index in [-0.39, 0.29) is 6.54 Å². The number of hydrogen-bond acceptors (Lipinski definition) is 3. The van der Waals surface area contributed by atoms with Gasteiger partial charge in [-0.25, -0.2) is 0 Å². The summed E-state index contributed by atoms with van der Waals surface area (Å²) in [6, 6.07) is 19.8. The molecule has 2 aromatic carbocycles. The zero-order valence-electron chi connectivity index (χ0n) is 11.1. The first kappa shape index (κ1) is 14.5. The molecule has 0 atom stereocenters. The molecule has 0 heterocycles. The highest BCUT2D eigenvalue weighted by molar-refractivity contribution is 7.99. The lowest BCUT2D eigenvalue weighted by Gasteiger charge is -2.22. The quantitative estimate of drug-likeness (QED) is 0.793. The Labute approximate surface area is 123 Å². The van der Waals surface area contributed by atoms with E-state index in [1.54, 1.807) is 11.8 Å². The summed E-state index contributed by atoms with van der Waals surface area (Å²) in [5, 5.41) is 9.01. The number of hydrogen-bond donors (Lipinski definition) is 1. The first-order valence-electron chi connectivity index (χ1n) is 6.45. The van der Waals surface area contributed by atoms with E-state index < -0.39 is 5.97 Å². The average molecular weight is 287 g/mol. The van der Waals surface area contributed by atoms with Crippen LogP contribution in [0.3, 0.4) is 0 Å². The van der Waals surface area contributed by atoms with Crippen molar-refractivity contribution in [3.8, 4) is 0 Å². The van der Waals surface area contributed by atoms with E-state index in [0.717, 1.165) is 11.4 Å². The van der Waals surface area contributed by atoms with Gasteiger partial charge in [-0.1, -0.05) is 36.4 Å². The molecule has 0 amide bonds. The van der Waals surface area contributed by atoms with Crippen molar-refractivity contribution in [3.63, 3.8) is 0 Å². The highest BCUT2D eigenvalue weighted by atomic mass is 32.2. The van der Waals surface area contributed by atoms with Gasteiger partial charge in [-0.05, 0) is 24.3 Å².